The van der Waals surface area contributed by atoms with E-state index < -0.39 is 35.7 Å². The van der Waals surface area contributed by atoms with Crippen molar-refractivity contribution in [2.24, 2.45) is 5.92 Å². The molecule has 0 radical (unpaired) electrons. The summed E-state index contributed by atoms with van der Waals surface area (Å²) in [7, 11) is 0. The van der Waals surface area contributed by atoms with E-state index in [1.54, 1.807) is 20.8 Å². The molecule has 0 aliphatic carbocycles. The number of hydrogen-bond acceptors (Lipinski definition) is 6. The Labute approximate surface area is 177 Å². The summed E-state index contributed by atoms with van der Waals surface area (Å²) >= 11 is 0. The maximum Gasteiger partial charge on any atom is 0.408 e. The van der Waals surface area contributed by atoms with Crippen molar-refractivity contribution in [3.8, 4) is 0 Å². The van der Waals surface area contributed by atoms with E-state index in [4.69, 9.17) is 9.47 Å². The van der Waals surface area contributed by atoms with Gasteiger partial charge in [0.05, 0.1) is 0 Å². The second kappa shape index (κ2) is 11.9. The summed E-state index contributed by atoms with van der Waals surface area (Å²) in [5.74, 6) is -1.21. The van der Waals surface area contributed by atoms with Crippen molar-refractivity contribution in [2.45, 2.75) is 71.8 Å². The topological polar surface area (TPSA) is 111 Å². The first kappa shape index (κ1) is 25.1. The zero-order valence-electron chi connectivity index (χ0n) is 18.3. The molecule has 0 fully saturated rings. The van der Waals surface area contributed by atoms with Crippen LogP contribution in [-0.4, -0.2) is 41.9 Å². The van der Waals surface area contributed by atoms with E-state index in [-0.39, 0.29) is 18.9 Å². The average molecular weight is 421 g/mol. The number of ether oxygens (including phenoxy) is 2. The Kier molecular flexibility index (Phi) is 10.0. The van der Waals surface area contributed by atoms with Gasteiger partial charge in [0.15, 0.2) is 0 Å². The van der Waals surface area contributed by atoms with Crippen LogP contribution in [-0.2, 0) is 30.5 Å². The molecule has 1 rings (SSSR count). The van der Waals surface area contributed by atoms with Gasteiger partial charge < -0.3 is 24.9 Å². The average Bonchev–Trinajstić information content (AvgIpc) is 2.64. The van der Waals surface area contributed by atoms with Crippen molar-refractivity contribution in [1.29, 1.82) is 0 Å². The summed E-state index contributed by atoms with van der Waals surface area (Å²) in [5, 5.41) is 5.05. The number of alkyl carbamates (subject to hydrolysis) is 1. The van der Waals surface area contributed by atoms with Gasteiger partial charge in [-0.05, 0) is 38.7 Å². The number of nitrogens with one attached hydrogen (secondary N) is 2. The van der Waals surface area contributed by atoms with E-state index >= 15 is 0 Å². The van der Waals surface area contributed by atoms with Crippen molar-refractivity contribution < 1.29 is 28.7 Å². The van der Waals surface area contributed by atoms with Crippen LogP contribution in [0.4, 0.5) is 4.79 Å². The first-order valence-corrected chi connectivity index (χ1v) is 9.96. The molecule has 1 unspecified atom stereocenters. The van der Waals surface area contributed by atoms with Gasteiger partial charge in [-0.1, -0.05) is 44.2 Å². The van der Waals surface area contributed by atoms with Gasteiger partial charge in [-0.15, -0.1) is 0 Å². The van der Waals surface area contributed by atoms with E-state index in [1.165, 1.54) is 0 Å². The van der Waals surface area contributed by atoms with E-state index in [0.717, 1.165) is 5.56 Å². The van der Waals surface area contributed by atoms with Crippen molar-refractivity contribution >= 4 is 24.3 Å². The Morgan fingerprint density at radius 3 is 2.20 bits per heavy atom. The summed E-state index contributed by atoms with van der Waals surface area (Å²) in [6, 6.07) is 7.08. The Morgan fingerprint density at radius 1 is 1.03 bits per heavy atom. The fourth-order valence-corrected chi connectivity index (χ4v) is 2.57. The SMILES string of the molecule is CC(C)C[C@H](NC(=O)OCc1ccccc1)C(=O)NC(CC=O)C(=O)OC(C)(C)C. The fraction of sp³-hybridized carbons (Fsp3) is 0.545. The van der Waals surface area contributed by atoms with Gasteiger partial charge in [0.25, 0.3) is 0 Å². The molecule has 0 saturated carbocycles. The van der Waals surface area contributed by atoms with Crippen LogP contribution < -0.4 is 10.6 Å². The maximum absolute atomic E-state index is 12.7. The Hall–Kier alpha value is -2.90. The lowest BCUT2D eigenvalue weighted by Crippen LogP contribution is -2.53. The lowest BCUT2D eigenvalue weighted by Gasteiger charge is -2.26. The van der Waals surface area contributed by atoms with Crippen LogP contribution in [0.5, 0.6) is 0 Å². The first-order valence-electron chi connectivity index (χ1n) is 9.96. The van der Waals surface area contributed by atoms with Crippen molar-refractivity contribution in [1.82, 2.24) is 10.6 Å². The zero-order valence-corrected chi connectivity index (χ0v) is 18.3. The molecule has 2 amide bonds. The molecule has 0 saturated heterocycles. The van der Waals surface area contributed by atoms with Crippen molar-refractivity contribution in [3.05, 3.63) is 35.9 Å². The van der Waals surface area contributed by atoms with Crippen LogP contribution in [0.15, 0.2) is 30.3 Å². The summed E-state index contributed by atoms with van der Waals surface area (Å²) in [6.07, 6.45) is -0.112. The highest BCUT2D eigenvalue weighted by atomic mass is 16.6. The van der Waals surface area contributed by atoms with E-state index in [2.05, 4.69) is 10.6 Å². The van der Waals surface area contributed by atoms with Gasteiger partial charge in [-0.2, -0.15) is 0 Å². The van der Waals surface area contributed by atoms with Crippen molar-refractivity contribution in [2.75, 3.05) is 0 Å². The van der Waals surface area contributed by atoms with Gasteiger partial charge in [0.2, 0.25) is 5.91 Å². The van der Waals surface area contributed by atoms with Crippen LogP contribution in [0.2, 0.25) is 0 Å². The molecule has 2 N–H and O–H groups in total. The monoisotopic (exact) mass is 420 g/mol. The summed E-state index contributed by atoms with van der Waals surface area (Å²) in [5.41, 5.74) is 0.0493. The highest BCUT2D eigenvalue weighted by Crippen LogP contribution is 2.11. The normalized spacial score (nSPS) is 13.1. The van der Waals surface area contributed by atoms with Gasteiger partial charge in [-0.3, -0.25) is 4.79 Å². The van der Waals surface area contributed by atoms with Gasteiger partial charge in [-0.25, -0.2) is 9.59 Å². The smallest absolute Gasteiger partial charge is 0.408 e. The number of amides is 2. The molecule has 0 aliphatic heterocycles. The van der Waals surface area contributed by atoms with Gasteiger partial charge >= 0.3 is 12.1 Å². The van der Waals surface area contributed by atoms with E-state index in [9.17, 15) is 19.2 Å². The minimum Gasteiger partial charge on any atom is -0.458 e. The number of carbonyl (C=O) groups excluding carboxylic acids is 4. The molecule has 1 aromatic rings. The molecule has 0 aliphatic rings. The van der Waals surface area contributed by atoms with Crippen LogP contribution in [0.3, 0.4) is 0 Å². The molecular weight excluding hydrogens is 388 g/mol. The lowest BCUT2D eigenvalue weighted by atomic mass is 10.0. The molecule has 8 nitrogen and oxygen atoms in total. The summed E-state index contributed by atoms with van der Waals surface area (Å²) in [6.45, 7) is 8.93. The quantitative estimate of drug-likeness (QED) is 0.445. The fourth-order valence-electron chi connectivity index (χ4n) is 2.57. The minimum atomic E-state index is -1.13. The zero-order chi connectivity index (χ0) is 22.7. The molecular formula is C22H32N2O6. The molecule has 0 bridgehead atoms. The predicted octanol–water partition coefficient (Wildman–Crippen LogP) is 2.74. The van der Waals surface area contributed by atoms with Gasteiger partial charge in [0, 0.05) is 6.42 Å². The summed E-state index contributed by atoms with van der Waals surface area (Å²) < 4.78 is 10.4. The minimum absolute atomic E-state index is 0.0639. The Balaban J connectivity index is 2.76. The molecule has 30 heavy (non-hydrogen) atoms. The number of esters is 1. The Bertz CT molecular complexity index is 712. The van der Waals surface area contributed by atoms with E-state index in [1.807, 2.05) is 44.2 Å². The van der Waals surface area contributed by atoms with Crippen LogP contribution >= 0.6 is 0 Å². The predicted molar refractivity (Wildman–Crippen MR) is 111 cm³/mol. The third kappa shape index (κ3) is 10.0. The molecule has 8 heteroatoms. The molecule has 0 aromatic heterocycles. The van der Waals surface area contributed by atoms with Crippen LogP contribution in [0.1, 0.15) is 53.0 Å². The number of rotatable bonds is 10. The second-order valence-electron chi connectivity index (χ2n) is 8.39. The highest BCUT2D eigenvalue weighted by Gasteiger charge is 2.30. The molecule has 2 atom stereocenters. The third-order valence-corrected chi connectivity index (χ3v) is 3.87. The van der Waals surface area contributed by atoms with Gasteiger partial charge in [0.1, 0.15) is 30.6 Å². The number of hydrogen-bond donors (Lipinski definition) is 2. The maximum atomic E-state index is 12.7. The molecule has 1 aromatic carbocycles. The molecule has 166 valence electrons. The third-order valence-electron chi connectivity index (χ3n) is 3.87. The number of aldehydes is 1. The molecule has 0 heterocycles. The van der Waals surface area contributed by atoms with Crippen molar-refractivity contribution in [3.63, 3.8) is 0 Å². The molecule has 0 spiro atoms. The summed E-state index contributed by atoms with van der Waals surface area (Å²) in [4.78, 5) is 48.2. The standard InChI is InChI=1S/C22H32N2O6/c1-15(2)13-18(24-21(28)29-14-16-9-7-6-8-10-16)19(26)23-17(11-12-25)20(27)30-22(3,4)5/h6-10,12,15,17-18H,11,13-14H2,1-5H3,(H,23,26)(H,24,28)/t17?,18-/m0/s1. The first-order chi connectivity index (χ1) is 14.0. The highest BCUT2D eigenvalue weighted by molar-refractivity contribution is 5.90. The largest absolute Gasteiger partial charge is 0.458 e. The Morgan fingerprint density at radius 2 is 1.67 bits per heavy atom. The van der Waals surface area contributed by atoms with Crippen LogP contribution in [0, 0.1) is 5.92 Å². The number of benzene rings is 1. The number of carbonyl (C=O) groups is 4. The second-order valence-corrected chi connectivity index (χ2v) is 8.39. The lowest BCUT2D eigenvalue weighted by molar-refractivity contribution is -0.159. The van der Waals surface area contributed by atoms with E-state index in [0.29, 0.717) is 12.7 Å². The van der Waals surface area contributed by atoms with Crippen LogP contribution in [0.25, 0.3) is 0 Å².